The highest BCUT2D eigenvalue weighted by Crippen LogP contribution is 2.26. The topological polar surface area (TPSA) is 72.9 Å². The fourth-order valence-electron chi connectivity index (χ4n) is 1.93. The number of hydrogen-bond acceptors (Lipinski definition) is 6. The van der Waals surface area contributed by atoms with Crippen LogP contribution in [0.2, 0.25) is 0 Å². The first-order valence-corrected chi connectivity index (χ1v) is 8.53. The number of rotatable bonds is 4. The number of nitrogens with zero attached hydrogens (tertiary/aromatic N) is 1. The van der Waals surface area contributed by atoms with Gasteiger partial charge < -0.3 is 9.47 Å². The number of carbonyl (C=O) groups excluding carboxylic acids is 1. The molecule has 8 heteroatoms. The van der Waals surface area contributed by atoms with E-state index in [2.05, 4.69) is 4.74 Å². The first-order valence-electron chi connectivity index (χ1n) is 6.27. The van der Waals surface area contributed by atoms with Gasteiger partial charge in [-0.3, -0.25) is 0 Å². The summed E-state index contributed by atoms with van der Waals surface area (Å²) in [6, 6.07) is 3.43. The average molecular weight is 319 g/mol. The molecule has 1 aliphatic rings. The second kappa shape index (κ2) is 6.21. The van der Waals surface area contributed by atoms with E-state index in [0.717, 1.165) is 11.3 Å². The third-order valence-corrected chi connectivity index (χ3v) is 6.63. The molecule has 0 spiro atoms. The summed E-state index contributed by atoms with van der Waals surface area (Å²) >= 11 is 1.26. The Morgan fingerprint density at radius 1 is 1.55 bits per heavy atom. The van der Waals surface area contributed by atoms with Gasteiger partial charge in [-0.2, -0.15) is 4.31 Å². The number of esters is 1. The largest absolute Gasteiger partial charge is 0.467 e. The van der Waals surface area contributed by atoms with Gasteiger partial charge in [0.25, 0.3) is 10.0 Å². The molecule has 0 saturated carbocycles. The third-order valence-electron chi connectivity index (χ3n) is 3.07. The molecule has 0 amide bonds. The van der Waals surface area contributed by atoms with Crippen LogP contribution in [0, 0.1) is 0 Å². The fraction of sp³-hybridized carbons (Fsp3) is 0.583. The van der Waals surface area contributed by atoms with Gasteiger partial charge in [0.15, 0.2) is 6.10 Å². The number of ether oxygens (including phenoxy) is 2. The summed E-state index contributed by atoms with van der Waals surface area (Å²) in [5.74, 6) is -0.551. The Morgan fingerprint density at radius 3 is 2.90 bits per heavy atom. The molecule has 0 aromatic carbocycles. The highest BCUT2D eigenvalue weighted by molar-refractivity contribution is 7.91. The lowest BCUT2D eigenvalue weighted by molar-refractivity contribution is -0.157. The van der Waals surface area contributed by atoms with Crippen molar-refractivity contribution in [3.8, 4) is 0 Å². The molecule has 1 fully saturated rings. The van der Waals surface area contributed by atoms with Crippen molar-refractivity contribution in [3.05, 3.63) is 17.0 Å². The van der Waals surface area contributed by atoms with Crippen LogP contribution in [0.3, 0.4) is 0 Å². The number of morpholine rings is 1. The van der Waals surface area contributed by atoms with E-state index in [0.29, 0.717) is 4.21 Å². The van der Waals surface area contributed by atoms with Crippen LogP contribution in [0.15, 0.2) is 16.3 Å². The van der Waals surface area contributed by atoms with Crippen LogP contribution < -0.4 is 0 Å². The van der Waals surface area contributed by atoms with E-state index >= 15 is 0 Å². The van der Waals surface area contributed by atoms with Gasteiger partial charge in [-0.1, -0.05) is 6.92 Å². The van der Waals surface area contributed by atoms with Gasteiger partial charge in [0.2, 0.25) is 0 Å². The van der Waals surface area contributed by atoms with Gasteiger partial charge in [-0.05, 0) is 18.6 Å². The summed E-state index contributed by atoms with van der Waals surface area (Å²) in [5.41, 5.74) is 0. The number of sulfonamides is 1. The third kappa shape index (κ3) is 3.03. The highest BCUT2D eigenvalue weighted by atomic mass is 32.2. The maximum Gasteiger partial charge on any atom is 0.336 e. The van der Waals surface area contributed by atoms with E-state index in [1.165, 1.54) is 22.8 Å². The van der Waals surface area contributed by atoms with E-state index in [-0.39, 0.29) is 19.7 Å². The van der Waals surface area contributed by atoms with Crippen LogP contribution in [-0.2, 0) is 30.7 Å². The van der Waals surface area contributed by atoms with Gasteiger partial charge in [-0.25, -0.2) is 13.2 Å². The second-order valence-corrected chi connectivity index (χ2v) is 7.65. The quantitative estimate of drug-likeness (QED) is 0.770. The normalized spacial score (nSPS) is 20.8. The highest BCUT2D eigenvalue weighted by Gasteiger charge is 2.35. The molecular formula is C12H17NO5S2. The summed E-state index contributed by atoms with van der Waals surface area (Å²) in [5, 5.41) is 0. The van der Waals surface area contributed by atoms with Crippen molar-refractivity contribution in [1.29, 1.82) is 0 Å². The van der Waals surface area contributed by atoms with Gasteiger partial charge in [0.05, 0.1) is 20.3 Å². The predicted molar refractivity (Wildman–Crippen MR) is 74.2 cm³/mol. The maximum absolute atomic E-state index is 12.5. The zero-order valence-corrected chi connectivity index (χ0v) is 13.0. The second-order valence-electron chi connectivity index (χ2n) is 4.32. The first kappa shape index (κ1) is 15.4. The van der Waals surface area contributed by atoms with Crippen molar-refractivity contribution in [3.63, 3.8) is 0 Å². The molecule has 1 atom stereocenters. The Bertz CT molecular complexity index is 580. The minimum Gasteiger partial charge on any atom is -0.467 e. The van der Waals surface area contributed by atoms with Crippen LogP contribution >= 0.6 is 11.3 Å². The lowest BCUT2D eigenvalue weighted by Crippen LogP contribution is -2.48. The molecule has 2 heterocycles. The number of methoxy groups -OCH3 is 1. The Labute approximate surface area is 122 Å². The summed E-state index contributed by atoms with van der Waals surface area (Å²) in [6.07, 6.45) is -0.0530. The summed E-state index contributed by atoms with van der Waals surface area (Å²) in [4.78, 5) is 12.5. The first-order chi connectivity index (χ1) is 9.48. The Balaban J connectivity index is 2.18. The van der Waals surface area contributed by atoms with Crippen molar-refractivity contribution in [2.75, 3.05) is 26.8 Å². The monoisotopic (exact) mass is 319 g/mol. The van der Waals surface area contributed by atoms with Gasteiger partial charge in [-0.15, -0.1) is 11.3 Å². The van der Waals surface area contributed by atoms with E-state index in [4.69, 9.17) is 4.74 Å². The van der Waals surface area contributed by atoms with Crippen molar-refractivity contribution in [2.24, 2.45) is 0 Å². The van der Waals surface area contributed by atoms with Crippen LogP contribution in [0.4, 0.5) is 0 Å². The molecule has 6 nitrogen and oxygen atoms in total. The number of hydrogen-bond donors (Lipinski definition) is 0. The van der Waals surface area contributed by atoms with Crippen molar-refractivity contribution in [2.45, 2.75) is 23.7 Å². The average Bonchev–Trinajstić information content (AvgIpc) is 2.96. The minimum atomic E-state index is -3.56. The van der Waals surface area contributed by atoms with E-state index in [1.807, 2.05) is 13.0 Å². The molecule has 112 valence electrons. The molecule has 0 bridgehead atoms. The van der Waals surface area contributed by atoms with Crippen molar-refractivity contribution >= 4 is 27.3 Å². The van der Waals surface area contributed by atoms with E-state index in [9.17, 15) is 13.2 Å². The lowest BCUT2D eigenvalue weighted by Gasteiger charge is -2.30. The lowest BCUT2D eigenvalue weighted by atomic mass is 10.3. The molecule has 0 aliphatic carbocycles. The number of thiophene rings is 1. The minimum absolute atomic E-state index is 0.00559. The van der Waals surface area contributed by atoms with E-state index < -0.39 is 22.1 Å². The van der Waals surface area contributed by atoms with Crippen molar-refractivity contribution in [1.82, 2.24) is 4.31 Å². The summed E-state index contributed by atoms with van der Waals surface area (Å²) in [6.45, 7) is 2.40. The Morgan fingerprint density at radius 2 is 2.30 bits per heavy atom. The van der Waals surface area contributed by atoms with Gasteiger partial charge in [0.1, 0.15) is 4.21 Å². The molecule has 1 saturated heterocycles. The van der Waals surface area contributed by atoms with Crippen LogP contribution in [-0.4, -0.2) is 51.6 Å². The van der Waals surface area contributed by atoms with Gasteiger partial charge in [0, 0.05) is 11.4 Å². The Hall–Kier alpha value is -0.960. The van der Waals surface area contributed by atoms with Crippen LogP contribution in [0.5, 0.6) is 0 Å². The molecule has 0 N–H and O–H groups in total. The molecule has 0 radical (unpaired) electrons. The number of carbonyl (C=O) groups is 1. The fourth-order valence-corrected chi connectivity index (χ4v) is 4.81. The Kier molecular flexibility index (Phi) is 4.79. The smallest absolute Gasteiger partial charge is 0.336 e. The maximum atomic E-state index is 12.5. The molecule has 1 unspecified atom stereocenters. The molecule has 20 heavy (non-hydrogen) atoms. The van der Waals surface area contributed by atoms with Crippen molar-refractivity contribution < 1.29 is 22.7 Å². The summed E-state index contributed by atoms with van der Waals surface area (Å²) in [7, 11) is -2.31. The molecular weight excluding hydrogens is 302 g/mol. The number of aryl methyl sites for hydroxylation is 1. The molecule has 1 aromatic rings. The zero-order chi connectivity index (χ0) is 14.8. The SMILES string of the molecule is CCc1ccc(S(=O)(=O)N2CCOC(C(=O)OC)C2)s1. The summed E-state index contributed by atoms with van der Waals surface area (Å²) < 4.78 is 36.4. The zero-order valence-electron chi connectivity index (χ0n) is 11.4. The van der Waals surface area contributed by atoms with Crippen LogP contribution in [0.25, 0.3) is 0 Å². The van der Waals surface area contributed by atoms with E-state index in [1.54, 1.807) is 6.07 Å². The molecule has 1 aliphatic heterocycles. The standard InChI is InChI=1S/C12H17NO5S2/c1-3-9-4-5-11(19-9)20(15,16)13-6-7-18-10(8-13)12(14)17-2/h4-5,10H,3,6-8H2,1-2H3. The molecule has 1 aromatic heterocycles. The van der Waals surface area contributed by atoms with Crippen LogP contribution in [0.1, 0.15) is 11.8 Å². The molecule has 2 rings (SSSR count). The predicted octanol–water partition coefficient (Wildman–Crippen LogP) is 0.873. The van der Waals surface area contributed by atoms with Gasteiger partial charge >= 0.3 is 5.97 Å².